The molecule has 0 aromatic heterocycles. The second-order valence-corrected chi connectivity index (χ2v) is 6.22. The molecule has 0 aliphatic rings. The van der Waals surface area contributed by atoms with Crippen LogP contribution >= 0.6 is 12.6 Å². The van der Waals surface area contributed by atoms with Crippen LogP contribution in [0.5, 0.6) is 5.75 Å². The van der Waals surface area contributed by atoms with Crippen molar-refractivity contribution in [3.63, 3.8) is 0 Å². The summed E-state index contributed by atoms with van der Waals surface area (Å²) < 4.78 is 4.88. The van der Waals surface area contributed by atoms with Gasteiger partial charge in [-0.05, 0) is 41.0 Å². The number of methoxy groups -OCH3 is 1. The number of benzene rings is 3. The largest absolute Gasteiger partial charge is 0.497 e. The van der Waals surface area contributed by atoms with Gasteiger partial charge in [-0.1, -0.05) is 54.6 Å². The lowest BCUT2D eigenvalue weighted by Gasteiger charge is -2.26. The number of ether oxygens (including phenoxy) is 1. The van der Waals surface area contributed by atoms with Crippen molar-refractivity contribution in [2.24, 2.45) is 0 Å². The van der Waals surface area contributed by atoms with E-state index in [1.54, 1.807) is 7.11 Å². The Kier molecular flexibility index (Phi) is 3.64. The third-order valence-electron chi connectivity index (χ3n) is 3.97. The first-order valence-electron chi connectivity index (χ1n) is 6.98. The number of fused-ring (bicyclic) bond motifs is 1. The van der Waals surface area contributed by atoms with Crippen LogP contribution < -0.4 is 4.74 Å². The molecule has 1 unspecified atom stereocenters. The molecule has 106 valence electrons. The van der Waals surface area contributed by atoms with E-state index in [4.69, 9.17) is 17.4 Å². The highest BCUT2D eigenvalue weighted by Crippen LogP contribution is 2.39. The molecule has 0 fully saturated rings. The molecular formula is C19H18OS. The van der Waals surface area contributed by atoms with Crippen LogP contribution in [0, 0.1) is 0 Å². The Morgan fingerprint density at radius 3 is 2.24 bits per heavy atom. The summed E-state index contributed by atoms with van der Waals surface area (Å²) in [6, 6.07) is 22.9. The lowest BCUT2D eigenvalue weighted by Crippen LogP contribution is -2.16. The van der Waals surface area contributed by atoms with Crippen molar-refractivity contribution < 1.29 is 4.74 Å². The Morgan fingerprint density at radius 1 is 0.857 bits per heavy atom. The molecule has 21 heavy (non-hydrogen) atoms. The second-order valence-electron chi connectivity index (χ2n) is 5.33. The van der Waals surface area contributed by atoms with Crippen LogP contribution in [0.2, 0.25) is 0 Å². The molecule has 0 N–H and O–H groups in total. The molecule has 3 aromatic carbocycles. The van der Waals surface area contributed by atoms with E-state index in [2.05, 4.69) is 61.5 Å². The maximum absolute atomic E-state index is 5.23. The molecule has 0 amide bonds. The molecule has 0 radical (unpaired) electrons. The smallest absolute Gasteiger partial charge is 0.118 e. The van der Waals surface area contributed by atoms with Gasteiger partial charge < -0.3 is 4.74 Å². The summed E-state index contributed by atoms with van der Waals surface area (Å²) in [7, 11) is 1.68. The molecule has 0 aliphatic heterocycles. The number of hydrogen-bond donors (Lipinski definition) is 1. The third-order valence-corrected chi connectivity index (χ3v) is 4.47. The van der Waals surface area contributed by atoms with E-state index in [1.165, 1.54) is 16.3 Å². The van der Waals surface area contributed by atoms with E-state index < -0.39 is 0 Å². The van der Waals surface area contributed by atoms with E-state index >= 15 is 0 Å². The Labute approximate surface area is 131 Å². The van der Waals surface area contributed by atoms with Crippen LogP contribution in [0.15, 0.2) is 66.7 Å². The minimum atomic E-state index is -0.354. The van der Waals surface area contributed by atoms with Crippen LogP contribution in [-0.2, 0) is 4.75 Å². The summed E-state index contributed by atoms with van der Waals surface area (Å²) in [5, 5.41) is 2.48. The van der Waals surface area contributed by atoms with Gasteiger partial charge in [0.05, 0.1) is 11.9 Å². The molecule has 1 nitrogen and oxygen atoms in total. The van der Waals surface area contributed by atoms with Crippen LogP contribution in [0.4, 0.5) is 0 Å². The van der Waals surface area contributed by atoms with E-state index in [1.807, 2.05) is 12.1 Å². The predicted octanol–water partition coefficient (Wildman–Crippen LogP) is 5.04. The van der Waals surface area contributed by atoms with E-state index in [-0.39, 0.29) is 4.75 Å². The maximum atomic E-state index is 5.23. The van der Waals surface area contributed by atoms with Crippen molar-refractivity contribution >= 4 is 23.4 Å². The number of hydrogen-bond acceptors (Lipinski definition) is 2. The van der Waals surface area contributed by atoms with E-state index in [9.17, 15) is 0 Å². The Hall–Kier alpha value is -1.93. The van der Waals surface area contributed by atoms with Crippen LogP contribution in [0.25, 0.3) is 10.8 Å². The molecule has 1 atom stereocenters. The average molecular weight is 294 g/mol. The van der Waals surface area contributed by atoms with Gasteiger partial charge in [-0.3, -0.25) is 0 Å². The van der Waals surface area contributed by atoms with Gasteiger partial charge in [0, 0.05) is 0 Å². The quantitative estimate of drug-likeness (QED) is 0.666. The predicted molar refractivity (Wildman–Crippen MR) is 92.4 cm³/mol. The van der Waals surface area contributed by atoms with Crippen LogP contribution in [0.3, 0.4) is 0 Å². The standard InChI is InChI=1S/C19H18OS/c1-19(21,15-10-12-16(20-2)13-11-15)18-9-5-7-14-6-3-4-8-17(14)18/h3-13,21H,1-2H3. The summed E-state index contributed by atoms with van der Waals surface area (Å²) >= 11 is 4.96. The number of rotatable bonds is 3. The van der Waals surface area contributed by atoms with Gasteiger partial charge in [-0.15, -0.1) is 0 Å². The molecule has 3 aromatic rings. The fourth-order valence-corrected chi connectivity index (χ4v) is 3.07. The van der Waals surface area contributed by atoms with Gasteiger partial charge in [-0.25, -0.2) is 0 Å². The summed E-state index contributed by atoms with van der Waals surface area (Å²) in [5.41, 5.74) is 2.37. The van der Waals surface area contributed by atoms with Gasteiger partial charge in [0.1, 0.15) is 5.75 Å². The minimum Gasteiger partial charge on any atom is -0.497 e. The van der Waals surface area contributed by atoms with Crippen molar-refractivity contribution in [1.82, 2.24) is 0 Å². The van der Waals surface area contributed by atoms with Crippen molar-refractivity contribution in [1.29, 1.82) is 0 Å². The topological polar surface area (TPSA) is 9.23 Å². The first-order valence-corrected chi connectivity index (χ1v) is 7.43. The molecule has 3 rings (SSSR count). The zero-order valence-electron chi connectivity index (χ0n) is 12.2. The highest BCUT2D eigenvalue weighted by Gasteiger charge is 2.26. The zero-order chi connectivity index (χ0) is 14.9. The van der Waals surface area contributed by atoms with Gasteiger partial charge in [0.2, 0.25) is 0 Å². The zero-order valence-corrected chi connectivity index (χ0v) is 13.1. The number of thiol groups is 1. The van der Waals surface area contributed by atoms with Crippen molar-refractivity contribution in [2.45, 2.75) is 11.7 Å². The summed E-state index contributed by atoms with van der Waals surface area (Å²) in [6.45, 7) is 2.14. The normalized spacial score (nSPS) is 13.9. The molecule has 0 aliphatic carbocycles. The molecule has 0 spiro atoms. The van der Waals surface area contributed by atoms with Crippen LogP contribution in [-0.4, -0.2) is 7.11 Å². The van der Waals surface area contributed by atoms with Gasteiger partial charge in [-0.2, -0.15) is 12.6 Å². The summed E-state index contributed by atoms with van der Waals surface area (Å²) in [4.78, 5) is 0. The molecule has 0 saturated heterocycles. The molecule has 0 bridgehead atoms. The first kappa shape index (κ1) is 14.0. The van der Waals surface area contributed by atoms with E-state index in [0.717, 1.165) is 11.3 Å². The van der Waals surface area contributed by atoms with Crippen LogP contribution in [0.1, 0.15) is 18.1 Å². The minimum absolute atomic E-state index is 0.354. The molecular weight excluding hydrogens is 276 g/mol. The molecule has 0 heterocycles. The monoisotopic (exact) mass is 294 g/mol. The summed E-state index contributed by atoms with van der Waals surface area (Å²) in [6.07, 6.45) is 0. The fraction of sp³-hybridized carbons (Fsp3) is 0.158. The Morgan fingerprint density at radius 2 is 1.52 bits per heavy atom. The SMILES string of the molecule is COc1ccc(C(C)(S)c2cccc3ccccc23)cc1. The van der Waals surface area contributed by atoms with Crippen molar-refractivity contribution in [3.05, 3.63) is 77.9 Å². The lowest BCUT2D eigenvalue weighted by molar-refractivity contribution is 0.414. The second kappa shape index (κ2) is 5.45. The third kappa shape index (κ3) is 2.52. The van der Waals surface area contributed by atoms with Gasteiger partial charge in [0.25, 0.3) is 0 Å². The Balaban J connectivity index is 2.14. The lowest BCUT2D eigenvalue weighted by atomic mass is 9.88. The van der Waals surface area contributed by atoms with Crippen molar-refractivity contribution in [3.8, 4) is 5.75 Å². The van der Waals surface area contributed by atoms with Gasteiger partial charge in [0.15, 0.2) is 0 Å². The average Bonchev–Trinajstić information content (AvgIpc) is 2.54. The first-order chi connectivity index (χ1) is 10.1. The highest BCUT2D eigenvalue weighted by atomic mass is 32.1. The van der Waals surface area contributed by atoms with Gasteiger partial charge >= 0.3 is 0 Å². The van der Waals surface area contributed by atoms with Crippen molar-refractivity contribution in [2.75, 3.05) is 7.11 Å². The maximum Gasteiger partial charge on any atom is 0.118 e. The molecule has 2 heteroatoms. The Bertz CT molecular complexity index is 755. The fourth-order valence-electron chi connectivity index (χ4n) is 2.72. The highest BCUT2D eigenvalue weighted by molar-refractivity contribution is 7.81. The molecule has 0 saturated carbocycles. The summed E-state index contributed by atoms with van der Waals surface area (Å²) in [5.74, 6) is 0.862. The van der Waals surface area contributed by atoms with E-state index in [0.29, 0.717) is 0 Å².